The van der Waals surface area contributed by atoms with Gasteiger partial charge in [0.2, 0.25) is 0 Å². The van der Waals surface area contributed by atoms with Crippen molar-refractivity contribution >= 4 is 41.5 Å². The van der Waals surface area contributed by atoms with E-state index < -0.39 is 5.54 Å². The highest BCUT2D eigenvalue weighted by Gasteiger charge is 2.20. The molecule has 0 aliphatic carbocycles. The molecule has 1 amide bonds. The molecule has 0 unspecified atom stereocenters. The quantitative estimate of drug-likeness (QED) is 0.901. The Kier molecular flexibility index (Phi) is 6.27. The number of hydrogen-bond acceptors (Lipinski definition) is 2. The van der Waals surface area contributed by atoms with Crippen molar-refractivity contribution in [3.8, 4) is 0 Å². The summed E-state index contributed by atoms with van der Waals surface area (Å²) in [5.74, 6) is -0.253. The molecular formula is C11H15Cl3N2O. The summed E-state index contributed by atoms with van der Waals surface area (Å²) in [6.45, 7) is 4.04. The van der Waals surface area contributed by atoms with Crippen LogP contribution >= 0.6 is 35.6 Å². The van der Waals surface area contributed by atoms with Gasteiger partial charge in [0.25, 0.3) is 5.91 Å². The minimum absolute atomic E-state index is 0. The fourth-order valence-electron chi connectivity index (χ4n) is 1.10. The normalized spacial score (nSPS) is 10.6. The first-order valence-electron chi connectivity index (χ1n) is 4.83. The molecule has 3 N–H and O–H groups in total. The highest BCUT2D eigenvalue weighted by atomic mass is 35.5. The Morgan fingerprint density at radius 3 is 2.47 bits per heavy atom. The number of rotatable bonds is 3. The first-order valence-corrected chi connectivity index (χ1v) is 5.59. The van der Waals surface area contributed by atoms with Gasteiger partial charge in [-0.05, 0) is 32.0 Å². The maximum Gasteiger partial charge on any atom is 0.253 e. The minimum Gasteiger partial charge on any atom is -0.346 e. The van der Waals surface area contributed by atoms with E-state index in [1.165, 1.54) is 6.07 Å². The van der Waals surface area contributed by atoms with Gasteiger partial charge in [0.15, 0.2) is 0 Å². The van der Waals surface area contributed by atoms with Crippen molar-refractivity contribution < 1.29 is 4.79 Å². The molecule has 0 fully saturated rings. The van der Waals surface area contributed by atoms with Crippen molar-refractivity contribution in [3.05, 3.63) is 33.8 Å². The predicted octanol–water partition coefficient (Wildman–Crippen LogP) is 2.88. The molecule has 0 saturated heterocycles. The molecule has 96 valence electrons. The molecular weight excluding hydrogens is 282 g/mol. The zero-order valence-corrected chi connectivity index (χ0v) is 11.9. The molecule has 0 aliphatic rings. The second-order valence-electron chi connectivity index (χ2n) is 4.17. The number of halogens is 3. The Morgan fingerprint density at radius 1 is 1.41 bits per heavy atom. The highest BCUT2D eigenvalue weighted by molar-refractivity contribution is 6.36. The molecule has 3 nitrogen and oxygen atoms in total. The Labute approximate surface area is 117 Å². The van der Waals surface area contributed by atoms with E-state index >= 15 is 0 Å². The minimum atomic E-state index is -0.458. The van der Waals surface area contributed by atoms with Gasteiger partial charge in [-0.3, -0.25) is 4.79 Å². The van der Waals surface area contributed by atoms with Gasteiger partial charge in [-0.2, -0.15) is 0 Å². The van der Waals surface area contributed by atoms with E-state index in [1.54, 1.807) is 12.1 Å². The van der Waals surface area contributed by atoms with Gasteiger partial charge in [0.1, 0.15) is 0 Å². The second kappa shape index (κ2) is 6.45. The van der Waals surface area contributed by atoms with Gasteiger partial charge in [-0.25, -0.2) is 0 Å². The van der Waals surface area contributed by atoms with Crippen LogP contribution in [0.1, 0.15) is 24.2 Å². The summed E-state index contributed by atoms with van der Waals surface area (Å²) in [5, 5.41) is 3.62. The largest absolute Gasteiger partial charge is 0.346 e. The number of carbonyl (C=O) groups excluding carboxylic acids is 1. The van der Waals surface area contributed by atoms with Gasteiger partial charge < -0.3 is 11.1 Å². The summed E-state index contributed by atoms with van der Waals surface area (Å²) in [6, 6.07) is 4.75. The smallest absolute Gasteiger partial charge is 0.253 e. The molecule has 1 aromatic rings. The third kappa shape index (κ3) is 4.72. The van der Waals surface area contributed by atoms with Crippen LogP contribution in [0.15, 0.2) is 18.2 Å². The number of hydrogen-bond donors (Lipinski definition) is 2. The fourth-order valence-corrected chi connectivity index (χ4v) is 1.59. The SMILES string of the molecule is CC(C)(CN)NC(=O)c1ccc(Cl)cc1Cl.Cl. The molecule has 17 heavy (non-hydrogen) atoms. The average Bonchev–Trinajstić information content (AvgIpc) is 2.16. The standard InChI is InChI=1S/C11H14Cl2N2O.ClH/c1-11(2,6-14)15-10(16)8-4-3-7(12)5-9(8)13;/h3-5H,6,14H2,1-2H3,(H,15,16);1H. The zero-order chi connectivity index (χ0) is 12.3. The van der Waals surface area contributed by atoms with Crippen LogP contribution in [-0.4, -0.2) is 18.0 Å². The van der Waals surface area contributed by atoms with Gasteiger partial charge in [0, 0.05) is 17.1 Å². The first-order chi connectivity index (χ1) is 7.35. The van der Waals surface area contributed by atoms with E-state index in [4.69, 9.17) is 28.9 Å². The lowest BCUT2D eigenvalue weighted by atomic mass is 10.1. The number of benzene rings is 1. The van der Waals surface area contributed by atoms with Crippen molar-refractivity contribution in [1.82, 2.24) is 5.32 Å². The molecule has 0 aromatic heterocycles. The van der Waals surface area contributed by atoms with Crippen LogP contribution in [-0.2, 0) is 0 Å². The Bertz CT molecular complexity index is 408. The van der Waals surface area contributed by atoms with E-state index in [1.807, 2.05) is 13.8 Å². The van der Waals surface area contributed by atoms with E-state index in [0.29, 0.717) is 22.2 Å². The zero-order valence-electron chi connectivity index (χ0n) is 9.59. The van der Waals surface area contributed by atoms with Crippen molar-refractivity contribution in [2.75, 3.05) is 6.54 Å². The maximum absolute atomic E-state index is 11.9. The van der Waals surface area contributed by atoms with Crippen molar-refractivity contribution in [1.29, 1.82) is 0 Å². The lowest BCUT2D eigenvalue weighted by molar-refractivity contribution is 0.0916. The average molecular weight is 298 g/mol. The summed E-state index contributed by atoms with van der Waals surface area (Å²) < 4.78 is 0. The molecule has 0 atom stereocenters. The summed E-state index contributed by atoms with van der Waals surface area (Å²) in [6.07, 6.45) is 0. The molecule has 0 aliphatic heterocycles. The molecule has 0 spiro atoms. The van der Waals surface area contributed by atoms with Crippen LogP contribution in [0.2, 0.25) is 10.0 Å². The van der Waals surface area contributed by atoms with E-state index in [-0.39, 0.29) is 18.3 Å². The number of nitrogens with one attached hydrogen (secondary N) is 1. The lowest BCUT2D eigenvalue weighted by Crippen LogP contribution is -2.48. The van der Waals surface area contributed by atoms with Crippen LogP contribution in [0.5, 0.6) is 0 Å². The summed E-state index contributed by atoms with van der Waals surface area (Å²) >= 11 is 11.7. The first kappa shape index (κ1) is 16.5. The van der Waals surface area contributed by atoms with Crippen LogP contribution in [0.25, 0.3) is 0 Å². The maximum atomic E-state index is 11.9. The van der Waals surface area contributed by atoms with Crippen molar-refractivity contribution in [2.45, 2.75) is 19.4 Å². The lowest BCUT2D eigenvalue weighted by Gasteiger charge is -2.24. The van der Waals surface area contributed by atoms with Crippen LogP contribution in [0.3, 0.4) is 0 Å². The molecule has 0 radical (unpaired) electrons. The Morgan fingerprint density at radius 2 is 2.00 bits per heavy atom. The van der Waals surface area contributed by atoms with Crippen LogP contribution in [0.4, 0.5) is 0 Å². The molecule has 0 heterocycles. The molecule has 6 heteroatoms. The summed E-state index contributed by atoms with van der Waals surface area (Å²) in [4.78, 5) is 11.9. The monoisotopic (exact) mass is 296 g/mol. The van der Waals surface area contributed by atoms with Gasteiger partial charge in [-0.1, -0.05) is 23.2 Å². The topological polar surface area (TPSA) is 55.1 Å². The van der Waals surface area contributed by atoms with E-state index in [9.17, 15) is 4.79 Å². The third-order valence-electron chi connectivity index (χ3n) is 2.14. The van der Waals surface area contributed by atoms with E-state index in [2.05, 4.69) is 5.32 Å². The van der Waals surface area contributed by atoms with Crippen LogP contribution < -0.4 is 11.1 Å². The number of nitrogens with two attached hydrogens (primary N) is 1. The van der Waals surface area contributed by atoms with Crippen LogP contribution in [0, 0.1) is 0 Å². The Hall–Kier alpha value is -0.480. The Balaban J connectivity index is 0.00000256. The second-order valence-corrected chi connectivity index (χ2v) is 5.01. The summed E-state index contributed by atoms with van der Waals surface area (Å²) in [7, 11) is 0. The van der Waals surface area contributed by atoms with Crippen molar-refractivity contribution in [3.63, 3.8) is 0 Å². The van der Waals surface area contributed by atoms with Crippen molar-refractivity contribution in [2.24, 2.45) is 5.73 Å². The number of amides is 1. The van der Waals surface area contributed by atoms with Gasteiger partial charge in [-0.15, -0.1) is 12.4 Å². The fraction of sp³-hybridized carbons (Fsp3) is 0.364. The predicted molar refractivity (Wildman–Crippen MR) is 74.3 cm³/mol. The third-order valence-corrected chi connectivity index (χ3v) is 2.69. The molecule has 0 saturated carbocycles. The molecule has 1 aromatic carbocycles. The highest BCUT2D eigenvalue weighted by Crippen LogP contribution is 2.21. The molecule has 0 bridgehead atoms. The van der Waals surface area contributed by atoms with Gasteiger partial charge in [0.05, 0.1) is 10.6 Å². The number of carbonyl (C=O) groups is 1. The molecule has 1 rings (SSSR count). The van der Waals surface area contributed by atoms with Gasteiger partial charge >= 0.3 is 0 Å². The summed E-state index contributed by atoms with van der Waals surface area (Å²) in [5.41, 5.74) is 5.46. The van der Waals surface area contributed by atoms with E-state index in [0.717, 1.165) is 0 Å².